The van der Waals surface area contributed by atoms with Crippen LogP contribution in [0.15, 0.2) is 10.9 Å². The summed E-state index contributed by atoms with van der Waals surface area (Å²) in [6.45, 7) is 3.60. The fourth-order valence-electron chi connectivity index (χ4n) is 2.35. The molecule has 0 aromatic carbocycles. The van der Waals surface area contributed by atoms with Crippen molar-refractivity contribution >= 4 is 11.9 Å². The van der Waals surface area contributed by atoms with Crippen LogP contribution in [0.1, 0.15) is 40.9 Å². The summed E-state index contributed by atoms with van der Waals surface area (Å²) >= 11 is 0. The Morgan fingerprint density at radius 2 is 1.95 bits per heavy atom. The van der Waals surface area contributed by atoms with E-state index in [1.54, 1.807) is 14.0 Å². The Morgan fingerprint density at radius 3 is 2.40 bits per heavy atom. The molecule has 1 fully saturated rings. The van der Waals surface area contributed by atoms with Gasteiger partial charge in [-0.25, -0.2) is 4.79 Å². The number of aliphatic carboxylic acids is 1. The molecule has 1 saturated carbocycles. The van der Waals surface area contributed by atoms with Gasteiger partial charge in [0.2, 0.25) is 0 Å². The summed E-state index contributed by atoms with van der Waals surface area (Å²) in [6, 6.07) is 1.52. The second-order valence-corrected chi connectivity index (χ2v) is 5.39. The van der Waals surface area contributed by atoms with Crippen LogP contribution in [-0.2, 0) is 11.8 Å². The summed E-state index contributed by atoms with van der Waals surface area (Å²) in [5.41, 5.74) is -0.0343. The van der Waals surface area contributed by atoms with Crippen LogP contribution in [0.25, 0.3) is 0 Å². The summed E-state index contributed by atoms with van der Waals surface area (Å²) in [5, 5.41) is 11.7. The lowest BCUT2D eigenvalue weighted by atomic mass is 9.76. The van der Waals surface area contributed by atoms with Gasteiger partial charge in [-0.15, -0.1) is 0 Å². The second kappa shape index (κ2) is 4.77. The fourth-order valence-corrected chi connectivity index (χ4v) is 2.35. The van der Waals surface area contributed by atoms with Crippen molar-refractivity contribution in [3.63, 3.8) is 0 Å². The third-order valence-electron chi connectivity index (χ3n) is 4.18. The topological polar surface area (TPSA) is 88.4 Å². The maximum Gasteiger partial charge on any atom is 0.329 e. The summed E-state index contributed by atoms with van der Waals surface area (Å²) < 4.78 is 1.40. The van der Waals surface area contributed by atoms with Gasteiger partial charge in [0.15, 0.2) is 0 Å². The minimum Gasteiger partial charge on any atom is -0.480 e. The molecule has 2 rings (SSSR count). The number of carboxylic acids is 1. The fraction of sp³-hybridized carbons (Fsp3) is 0.500. The molecule has 0 aliphatic heterocycles. The van der Waals surface area contributed by atoms with E-state index in [9.17, 15) is 19.5 Å². The van der Waals surface area contributed by atoms with Crippen molar-refractivity contribution in [3.05, 3.63) is 33.2 Å². The first-order chi connectivity index (χ1) is 9.28. The van der Waals surface area contributed by atoms with Crippen molar-refractivity contribution in [2.45, 2.75) is 38.6 Å². The zero-order chi connectivity index (χ0) is 15.1. The van der Waals surface area contributed by atoms with Gasteiger partial charge >= 0.3 is 5.97 Å². The van der Waals surface area contributed by atoms with Gasteiger partial charge in [0.1, 0.15) is 11.1 Å². The number of aromatic nitrogens is 1. The van der Waals surface area contributed by atoms with Crippen molar-refractivity contribution in [2.24, 2.45) is 7.05 Å². The van der Waals surface area contributed by atoms with E-state index in [1.165, 1.54) is 10.6 Å². The van der Waals surface area contributed by atoms with Crippen molar-refractivity contribution in [3.8, 4) is 0 Å². The molecule has 20 heavy (non-hydrogen) atoms. The highest BCUT2D eigenvalue weighted by Crippen LogP contribution is 2.32. The molecule has 1 aliphatic carbocycles. The number of hydrogen-bond donors (Lipinski definition) is 2. The van der Waals surface area contributed by atoms with Gasteiger partial charge in [-0.1, -0.05) is 0 Å². The normalized spacial score (nSPS) is 16.4. The first-order valence-corrected chi connectivity index (χ1v) is 6.51. The van der Waals surface area contributed by atoms with Gasteiger partial charge in [0.25, 0.3) is 11.5 Å². The monoisotopic (exact) mass is 278 g/mol. The summed E-state index contributed by atoms with van der Waals surface area (Å²) in [4.78, 5) is 35.6. The molecule has 108 valence electrons. The third kappa shape index (κ3) is 2.11. The number of carboxylic acid groups (broad SMARTS) is 1. The van der Waals surface area contributed by atoms with Gasteiger partial charge in [-0.2, -0.15) is 0 Å². The average molecular weight is 278 g/mol. The lowest BCUT2D eigenvalue weighted by Crippen LogP contribution is -2.59. The van der Waals surface area contributed by atoms with Crippen LogP contribution in [0, 0.1) is 13.8 Å². The lowest BCUT2D eigenvalue weighted by Gasteiger charge is -2.38. The highest BCUT2D eigenvalue weighted by molar-refractivity contribution is 5.98. The predicted molar refractivity (Wildman–Crippen MR) is 72.8 cm³/mol. The molecule has 6 nitrogen and oxygen atoms in total. The molecule has 0 spiro atoms. The van der Waals surface area contributed by atoms with E-state index in [4.69, 9.17) is 0 Å². The SMILES string of the molecule is Cc1cc(C(=O)NC2(C(=O)O)CCC2)c(=O)n(C)c1C. The highest BCUT2D eigenvalue weighted by Gasteiger charge is 2.46. The molecule has 1 aromatic rings. The standard InChI is InChI=1S/C14H18N2O4/c1-8-7-10(12(18)16(3)9(8)2)11(17)15-14(13(19)20)5-4-6-14/h7H,4-6H2,1-3H3,(H,15,17)(H,19,20). The molecule has 0 radical (unpaired) electrons. The molecule has 0 saturated heterocycles. The van der Waals surface area contributed by atoms with Crippen molar-refractivity contribution in [1.82, 2.24) is 9.88 Å². The molecule has 6 heteroatoms. The van der Waals surface area contributed by atoms with Gasteiger partial charge in [0, 0.05) is 12.7 Å². The summed E-state index contributed by atoms with van der Waals surface area (Å²) in [5.74, 6) is -1.66. The van der Waals surface area contributed by atoms with Crippen LogP contribution in [0.4, 0.5) is 0 Å². The van der Waals surface area contributed by atoms with Gasteiger partial charge in [0.05, 0.1) is 0 Å². The molecular weight excluding hydrogens is 260 g/mol. The highest BCUT2D eigenvalue weighted by atomic mass is 16.4. The minimum absolute atomic E-state index is 0.0110. The Hall–Kier alpha value is -2.11. The van der Waals surface area contributed by atoms with Crippen LogP contribution in [-0.4, -0.2) is 27.1 Å². The second-order valence-electron chi connectivity index (χ2n) is 5.39. The number of nitrogens with zero attached hydrogens (tertiary/aromatic N) is 1. The van der Waals surface area contributed by atoms with E-state index in [0.29, 0.717) is 12.8 Å². The van der Waals surface area contributed by atoms with Crippen LogP contribution in [0.5, 0.6) is 0 Å². The molecule has 2 N–H and O–H groups in total. The van der Waals surface area contributed by atoms with E-state index in [1.807, 2.05) is 6.92 Å². The van der Waals surface area contributed by atoms with Gasteiger partial charge in [-0.3, -0.25) is 9.59 Å². The summed E-state index contributed by atoms with van der Waals surface area (Å²) in [6.07, 6.45) is 1.57. The minimum atomic E-state index is -1.21. The third-order valence-corrected chi connectivity index (χ3v) is 4.18. The zero-order valence-corrected chi connectivity index (χ0v) is 11.8. The number of rotatable bonds is 3. The number of pyridine rings is 1. The van der Waals surface area contributed by atoms with Crippen LogP contribution in [0.3, 0.4) is 0 Å². The molecule has 0 unspecified atom stereocenters. The van der Waals surface area contributed by atoms with Crippen molar-refractivity contribution < 1.29 is 14.7 Å². The predicted octanol–water partition coefficient (Wildman–Crippen LogP) is 0.739. The van der Waals surface area contributed by atoms with E-state index >= 15 is 0 Å². The molecule has 1 aromatic heterocycles. The first-order valence-electron chi connectivity index (χ1n) is 6.51. The van der Waals surface area contributed by atoms with Crippen LogP contribution >= 0.6 is 0 Å². The Kier molecular flexibility index (Phi) is 3.41. The van der Waals surface area contributed by atoms with E-state index in [2.05, 4.69) is 5.32 Å². The molecule has 1 aliphatic rings. The van der Waals surface area contributed by atoms with Gasteiger partial charge < -0.3 is 15.0 Å². The van der Waals surface area contributed by atoms with Crippen LogP contribution < -0.4 is 10.9 Å². The number of carbonyl (C=O) groups is 2. The molecule has 0 atom stereocenters. The van der Waals surface area contributed by atoms with Crippen molar-refractivity contribution in [1.29, 1.82) is 0 Å². The first kappa shape index (κ1) is 14.3. The molecule has 1 heterocycles. The smallest absolute Gasteiger partial charge is 0.329 e. The lowest BCUT2D eigenvalue weighted by molar-refractivity contribution is -0.148. The number of carbonyl (C=O) groups excluding carboxylic acids is 1. The van der Waals surface area contributed by atoms with E-state index < -0.39 is 23.0 Å². The maximum atomic E-state index is 12.2. The summed E-state index contributed by atoms with van der Waals surface area (Å²) in [7, 11) is 1.59. The average Bonchev–Trinajstić information content (AvgIpc) is 2.34. The van der Waals surface area contributed by atoms with Crippen molar-refractivity contribution in [2.75, 3.05) is 0 Å². The Morgan fingerprint density at radius 1 is 1.35 bits per heavy atom. The number of nitrogens with one attached hydrogen (secondary N) is 1. The molecular formula is C14H18N2O4. The van der Waals surface area contributed by atoms with Crippen LogP contribution in [0.2, 0.25) is 0 Å². The van der Waals surface area contributed by atoms with E-state index in [0.717, 1.165) is 17.7 Å². The Bertz CT molecular complexity index is 641. The maximum absolute atomic E-state index is 12.2. The Balaban J connectivity index is 2.36. The Labute approximate surface area is 116 Å². The molecule has 1 amide bonds. The largest absolute Gasteiger partial charge is 0.480 e. The molecule has 0 bridgehead atoms. The zero-order valence-electron chi connectivity index (χ0n) is 11.8. The number of aryl methyl sites for hydroxylation is 1. The van der Waals surface area contributed by atoms with Gasteiger partial charge in [-0.05, 0) is 44.7 Å². The quantitative estimate of drug-likeness (QED) is 0.853. The van der Waals surface area contributed by atoms with E-state index in [-0.39, 0.29) is 5.56 Å². The number of hydrogen-bond acceptors (Lipinski definition) is 3. The number of amides is 1.